The van der Waals surface area contributed by atoms with Gasteiger partial charge in [-0.05, 0) is 19.4 Å². The second-order valence-corrected chi connectivity index (χ2v) is 2.23. The maximum absolute atomic E-state index is 10.1. The predicted molar refractivity (Wildman–Crippen MR) is 100 cm³/mol. The summed E-state index contributed by atoms with van der Waals surface area (Å²) in [5.74, 6) is -0.933. The van der Waals surface area contributed by atoms with Crippen LogP contribution in [0.5, 0.6) is 0 Å². The molecule has 0 aliphatic heterocycles. The van der Waals surface area contributed by atoms with E-state index in [2.05, 4.69) is 0 Å². The molecule has 0 fully saturated rings. The summed E-state index contributed by atoms with van der Waals surface area (Å²) in [5.41, 5.74) is 10.4. The Hall–Kier alpha value is 2.31. The molecule has 0 heterocycles. The topological polar surface area (TPSA) is 89.3 Å². The Kier molecular flexibility index (Phi) is 44.2. The SMILES string of the molecule is I.I.I.I.NCCCC[C@@H](N)C(=O)O. The van der Waals surface area contributed by atoms with E-state index in [0.29, 0.717) is 13.0 Å². The number of carbonyl (C=O) groups is 1. The van der Waals surface area contributed by atoms with E-state index in [0.717, 1.165) is 12.8 Å². The van der Waals surface area contributed by atoms with Crippen LogP contribution < -0.4 is 11.5 Å². The monoisotopic (exact) mass is 658 g/mol. The van der Waals surface area contributed by atoms with Gasteiger partial charge in [0.25, 0.3) is 0 Å². The van der Waals surface area contributed by atoms with Crippen molar-refractivity contribution in [2.45, 2.75) is 25.3 Å². The van der Waals surface area contributed by atoms with E-state index in [9.17, 15) is 4.79 Å². The second kappa shape index (κ2) is 20.7. The number of aliphatic carboxylic acids is 1. The van der Waals surface area contributed by atoms with Gasteiger partial charge >= 0.3 is 5.97 Å². The van der Waals surface area contributed by atoms with E-state index in [4.69, 9.17) is 16.6 Å². The van der Waals surface area contributed by atoms with Crippen LogP contribution in [0.1, 0.15) is 19.3 Å². The van der Waals surface area contributed by atoms with Crippen LogP contribution in [0.3, 0.4) is 0 Å². The fraction of sp³-hybridized carbons (Fsp3) is 0.833. The highest BCUT2D eigenvalue weighted by molar-refractivity contribution is 14.0. The number of hydrogen-bond donors (Lipinski definition) is 3. The van der Waals surface area contributed by atoms with Crippen molar-refractivity contribution >= 4 is 102 Å². The first-order valence-electron chi connectivity index (χ1n) is 3.37. The molecule has 0 aliphatic rings. The quantitative estimate of drug-likeness (QED) is 0.312. The zero-order chi connectivity index (χ0) is 7.98. The van der Waals surface area contributed by atoms with Crippen LogP contribution in [0.15, 0.2) is 0 Å². The van der Waals surface area contributed by atoms with Gasteiger partial charge in [-0.3, -0.25) is 4.79 Å². The van der Waals surface area contributed by atoms with E-state index in [-0.39, 0.29) is 95.9 Å². The van der Waals surface area contributed by atoms with Gasteiger partial charge < -0.3 is 16.6 Å². The fourth-order valence-electron chi connectivity index (χ4n) is 0.632. The van der Waals surface area contributed by atoms with Crippen molar-refractivity contribution in [2.75, 3.05) is 6.54 Å². The maximum Gasteiger partial charge on any atom is 0.320 e. The number of carboxylic acid groups (broad SMARTS) is 1. The molecule has 0 spiro atoms. The Morgan fingerprint density at radius 1 is 1.14 bits per heavy atom. The average Bonchev–Trinajstić information content (AvgIpc) is 1.88. The molecular weight excluding hydrogens is 640 g/mol. The van der Waals surface area contributed by atoms with Gasteiger partial charge in [-0.25, -0.2) is 0 Å². The van der Waals surface area contributed by atoms with Gasteiger partial charge in [-0.1, -0.05) is 6.42 Å². The molecule has 5 N–H and O–H groups in total. The van der Waals surface area contributed by atoms with Crippen molar-refractivity contribution in [2.24, 2.45) is 11.5 Å². The number of carboxylic acids is 1. The predicted octanol–water partition coefficient (Wildman–Crippen LogP) is 2.00. The molecule has 1 atom stereocenters. The smallest absolute Gasteiger partial charge is 0.320 e. The standard InChI is InChI=1S/C6H14N2O2.4HI/c7-4-2-1-3-5(8)6(9)10;;;;/h5H,1-4,7-8H2,(H,9,10);4*1H/t5-;;;;/m1..../s1. The van der Waals surface area contributed by atoms with Crippen LogP contribution in [-0.2, 0) is 4.79 Å². The Bertz CT molecular complexity index is 118. The zero-order valence-corrected chi connectivity index (χ0v) is 16.9. The first kappa shape index (κ1) is 29.9. The van der Waals surface area contributed by atoms with E-state index in [1.54, 1.807) is 0 Å². The van der Waals surface area contributed by atoms with Crippen molar-refractivity contribution < 1.29 is 9.90 Å². The molecular formula is C6H18I4N2O2. The molecule has 14 heavy (non-hydrogen) atoms. The average molecular weight is 658 g/mol. The molecule has 0 saturated heterocycles. The number of nitrogens with two attached hydrogens (primary N) is 2. The van der Waals surface area contributed by atoms with E-state index in [1.165, 1.54) is 0 Å². The van der Waals surface area contributed by atoms with Crippen LogP contribution in [0.2, 0.25) is 0 Å². The Morgan fingerprint density at radius 2 is 1.57 bits per heavy atom. The van der Waals surface area contributed by atoms with Gasteiger partial charge in [0.2, 0.25) is 0 Å². The molecule has 92 valence electrons. The third kappa shape index (κ3) is 19.8. The van der Waals surface area contributed by atoms with Gasteiger partial charge in [-0.2, -0.15) is 0 Å². The van der Waals surface area contributed by atoms with Gasteiger partial charge in [0, 0.05) is 0 Å². The molecule has 0 unspecified atom stereocenters. The highest BCUT2D eigenvalue weighted by Crippen LogP contribution is 1.96. The lowest BCUT2D eigenvalue weighted by atomic mass is 10.1. The summed E-state index contributed by atoms with van der Waals surface area (Å²) in [5, 5.41) is 8.33. The van der Waals surface area contributed by atoms with Crippen LogP contribution in [-0.4, -0.2) is 23.7 Å². The minimum atomic E-state index is -0.933. The van der Waals surface area contributed by atoms with Gasteiger partial charge in [0.15, 0.2) is 0 Å². The molecule has 0 aromatic heterocycles. The van der Waals surface area contributed by atoms with Crippen LogP contribution in [0.25, 0.3) is 0 Å². The fourth-order valence-corrected chi connectivity index (χ4v) is 0.632. The first-order chi connectivity index (χ1) is 4.68. The Morgan fingerprint density at radius 3 is 1.86 bits per heavy atom. The van der Waals surface area contributed by atoms with Crippen molar-refractivity contribution in [1.29, 1.82) is 0 Å². The lowest BCUT2D eigenvalue weighted by Crippen LogP contribution is -2.29. The molecule has 0 aromatic rings. The zero-order valence-electron chi connectivity index (χ0n) is 7.55. The second-order valence-electron chi connectivity index (χ2n) is 2.23. The van der Waals surface area contributed by atoms with Gasteiger partial charge in [-0.15, -0.1) is 95.9 Å². The summed E-state index contributed by atoms with van der Waals surface area (Å²) in [7, 11) is 0. The van der Waals surface area contributed by atoms with E-state index in [1.807, 2.05) is 0 Å². The lowest BCUT2D eigenvalue weighted by Gasteiger charge is -2.03. The largest absolute Gasteiger partial charge is 0.480 e. The molecule has 0 rings (SSSR count). The highest BCUT2D eigenvalue weighted by Gasteiger charge is 2.09. The van der Waals surface area contributed by atoms with E-state index >= 15 is 0 Å². The third-order valence-corrected chi connectivity index (χ3v) is 1.29. The van der Waals surface area contributed by atoms with Crippen molar-refractivity contribution in [1.82, 2.24) is 0 Å². The van der Waals surface area contributed by atoms with Gasteiger partial charge in [0.05, 0.1) is 0 Å². The van der Waals surface area contributed by atoms with Crippen molar-refractivity contribution in [3.63, 3.8) is 0 Å². The molecule has 0 saturated carbocycles. The molecule has 4 nitrogen and oxygen atoms in total. The summed E-state index contributed by atoms with van der Waals surface area (Å²) >= 11 is 0. The summed E-state index contributed by atoms with van der Waals surface area (Å²) in [6, 6.07) is -0.716. The number of rotatable bonds is 5. The highest BCUT2D eigenvalue weighted by atomic mass is 127. The summed E-state index contributed by atoms with van der Waals surface area (Å²) in [6.07, 6.45) is 2.16. The number of halogens is 4. The number of hydrogen-bond acceptors (Lipinski definition) is 3. The molecule has 0 bridgehead atoms. The first-order valence-corrected chi connectivity index (χ1v) is 3.37. The lowest BCUT2D eigenvalue weighted by molar-refractivity contribution is -0.138. The Balaban J connectivity index is -0.0000000675. The van der Waals surface area contributed by atoms with Crippen LogP contribution in [0.4, 0.5) is 0 Å². The summed E-state index contributed by atoms with van der Waals surface area (Å²) < 4.78 is 0. The normalized spacial score (nSPS) is 9.29. The number of unbranched alkanes of at least 4 members (excludes halogenated alkanes) is 1. The Labute approximate surface area is 153 Å². The maximum atomic E-state index is 10.1. The summed E-state index contributed by atoms with van der Waals surface area (Å²) in [6.45, 7) is 0.604. The van der Waals surface area contributed by atoms with Gasteiger partial charge in [0.1, 0.15) is 6.04 Å². The van der Waals surface area contributed by atoms with Crippen molar-refractivity contribution in [3.8, 4) is 0 Å². The minimum Gasteiger partial charge on any atom is -0.480 e. The van der Waals surface area contributed by atoms with E-state index < -0.39 is 12.0 Å². The third-order valence-electron chi connectivity index (χ3n) is 1.29. The molecule has 0 amide bonds. The summed E-state index contributed by atoms with van der Waals surface area (Å²) in [4.78, 5) is 10.1. The molecule has 8 heteroatoms. The molecule has 0 aliphatic carbocycles. The van der Waals surface area contributed by atoms with Crippen LogP contribution in [0, 0.1) is 0 Å². The van der Waals surface area contributed by atoms with Crippen LogP contribution >= 0.6 is 95.9 Å². The molecule has 0 radical (unpaired) electrons. The molecule has 0 aromatic carbocycles. The van der Waals surface area contributed by atoms with Crippen molar-refractivity contribution in [3.05, 3.63) is 0 Å². The minimum absolute atomic E-state index is 0.